The summed E-state index contributed by atoms with van der Waals surface area (Å²) in [5.41, 5.74) is 6.96. The molecule has 6 N–H and O–H groups in total. The van der Waals surface area contributed by atoms with E-state index in [-0.39, 0.29) is 36.6 Å². The number of aromatic nitrogens is 2. The molecule has 33 heavy (non-hydrogen) atoms. The molecule has 1 aromatic carbocycles. The Bertz CT molecular complexity index is 971. The number of hydrazone groups is 1. The van der Waals surface area contributed by atoms with Crippen molar-refractivity contribution >= 4 is 27.7 Å². The van der Waals surface area contributed by atoms with Crippen molar-refractivity contribution in [2.45, 2.75) is 19.6 Å². The number of aliphatic hydroxyl groups excluding tert-OH is 1. The van der Waals surface area contributed by atoms with E-state index in [2.05, 4.69) is 36.3 Å². The number of benzene rings is 1. The number of hydrazine groups is 1. The molecule has 1 atom stereocenters. The zero-order chi connectivity index (χ0) is 24.4. The van der Waals surface area contributed by atoms with Crippen LogP contribution in [0.25, 0.3) is 0 Å². The maximum Gasteiger partial charge on any atom is 0.270 e. The highest BCUT2D eigenvalue weighted by molar-refractivity contribution is 9.10. The molecule has 1 aromatic heterocycles. The van der Waals surface area contributed by atoms with Crippen molar-refractivity contribution in [2.24, 2.45) is 16.7 Å². The SMILES string of the molecule is Cc1nc(C(=O)NCc2ccc(F)c(Br)c2)cc(/C(N)=N/N(C)N)n1.OC[C@@H]1COCCO1. The van der Waals surface area contributed by atoms with Gasteiger partial charge < -0.3 is 25.6 Å². The second-order valence-corrected chi connectivity index (χ2v) is 7.78. The number of aryl methyl sites for hydroxylation is 1. The topological polar surface area (TPSA) is 161 Å². The summed E-state index contributed by atoms with van der Waals surface area (Å²) in [7, 11) is 1.51. The minimum absolute atomic E-state index is 0.0621. The third kappa shape index (κ3) is 8.98. The van der Waals surface area contributed by atoms with Crippen molar-refractivity contribution in [1.29, 1.82) is 0 Å². The fraction of sp³-hybridized carbons (Fsp3) is 0.400. The van der Waals surface area contributed by atoms with Gasteiger partial charge in [0, 0.05) is 13.6 Å². The maximum atomic E-state index is 13.2. The molecule has 0 bridgehead atoms. The van der Waals surface area contributed by atoms with Gasteiger partial charge in [0.25, 0.3) is 5.91 Å². The van der Waals surface area contributed by atoms with Gasteiger partial charge in [0.15, 0.2) is 5.84 Å². The number of nitrogens with two attached hydrogens (primary N) is 2. The number of halogens is 2. The van der Waals surface area contributed by atoms with Crippen molar-refractivity contribution in [3.63, 3.8) is 0 Å². The molecule has 0 unspecified atom stereocenters. The third-order valence-corrected chi connectivity index (χ3v) is 4.73. The average Bonchev–Trinajstić information content (AvgIpc) is 2.79. The smallest absolute Gasteiger partial charge is 0.270 e. The van der Waals surface area contributed by atoms with Gasteiger partial charge in [-0.1, -0.05) is 6.07 Å². The number of nitrogens with zero attached hydrogens (tertiary/aromatic N) is 4. The molecule has 1 saturated heterocycles. The Morgan fingerprint density at radius 3 is 2.67 bits per heavy atom. The van der Waals surface area contributed by atoms with Gasteiger partial charge in [-0.15, -0.1) is 5.10 Å². The van der Waals surface area contributed by atoms with Crippen LogP contribution in [0.2, 0.25) is 0 Å². The molecule has 3 rings (SSSR count). The largest absolute Gasteiger partial charge is 0.394 e. The number of aliphatic hydroxyl groups is 1. The van der Waals surface area contributed by atoms with Crippen LogP contribution in [0.15, 0.2) is 33.8 Å². The quantitative estimate of drug-likeness (QED) is 0.180. The van der Waals surface area contributed by atoms with E-state index in [9.17, 15) is 9.18 Å². The Labute approximate surface area is 199 Å². The minimum Gasteiger partial charge on any atom is -0.394 e. The first-order chi connectivity index (χ1) is 15.7. The predicted molar refractivity (Wildman–Crippen MR) is 122 cm³/mol. The van der Waals surface area contributed by atoms with E-state index in [0.29, 0.717) is 35.8 Å². The van der Waals surface area contributed by atoms with Crippen LogP contribution in [0.4, 0.5) is 4.39 Å². The lowest BCUT2D eigenvalue weighted by Gasteiger charge is -2.20. The number of carbonyl (C=O) groups excluding carboxylic acids is 1. The van der Waals surface area contributed by atoms with Gasteiger partial charge in [-0.2, -0.15) is 0 Å². The van der Waals surface area contributed by atoms with Crippen molar-refractivity contribution in [3.05, 3.63) is 57.3 Å². The number of hydrogen-bond donors (Lipinski definition) is 4. The predicted octanol–water partition coefficient (Wildman–Crippen LogP) is 0.437. The van der Waals surface area contributed by atoms with Crippen molar-refractivity contribution < 1.29 is 23.8 Å². The van der Waals surface area contributed by atoms with Crippen molar-refractivity contribution in [2.75, 3.05) is 33.5 Å². The van der Waals surface area contributed by atoms with Gasteiger partial charge in [0.2, 0.25) is 0 Å². The number of carbonyl (C=O) groups is 1. The summed E-state index contributed by atoms with van der Waals surface area (Å²) < 4.78 is 23.6. The summed E-state index contributed by atoms with van der Waals surface area (Å²) in [6.07, 6.45) is -0.0799. The standard InChI is InChI=1S/C15H17BrFN7O.C5H10O3/c1-8-21-12(14(18)23-24(2)19)6-13(22-8)15(25)20-7-9-3-4-11(17)10(16)5-9;6-3-5-4-7-1-2-8-5/h3-6H,7,19H2,1-2H3,(H2,18,23)(H,20,25);5-6H,1-4H2/t;5-/m.1/s1. The van der Waals surface area contributed by atoms with Gasteiger partial charge in [0.05, 0.1) is 30.9 Å². The van der Waals surface area contributed by atoms with E-state index in [4.69, 9.17) is 26.2 Å². The van der Waals surface area contributed by atoms with Crippen molar-refractivity contribution in [1.82, 2.24) is 20.4 Å². The number of amides is 1. The summed E-state index contributed by atoms with van der Waals surface area (Å²) in [6, 6.07) is 5.91. The van der Waals surface area contributed by atoms with Gasteiger partial charge >= 0.3 is 0 Å². The zero-order valence-corrected chi connectivity index (χ0v) is 19.9. The van der Waals surface area contributed by atoms with Gasteiger partial charge in [-0.25, -0.2) is 25.3 Å². The molecule has 11 nitrogen and oxygen atoms in total. The molecule has 13 heteroatoms. The summed E-state index contributed by atoms with van der Waals surface area (Å²) in [6.45, 7) is 3.74. The minimum atomic E-state index is -0.416. The monoisotopic (exact) mass is 527 g/mol. The highest BCUT2D eigenvalue weighted by Gasteiger charge is 2.13. The Morgan fingerprint density at radius 2 is 2.09 bits per heavy atom. The van der Waals surface area contributed by atoms with Gasteiger partial charge in [-0.05, 0) is 46.6 Å². The van der Waals surface area contributed by atoms with Crippen LogP contribution in [0.1, 0.15) is 27.6 Å². The number of nitrogens with one attached hydrogen (secondary N) is 1. The fourth-order valence-electron chi connectivity index (χ4n) is 2.60. The van der Waals surface area contributed by atoms with E-state index in [1.54, 1.807) is 19.1 Å². The second-order valence-electron chi connectivity index (χ2n) is 6.93. The first-order valence-electron chi connectivity index (χ1n) is 9.90. The molecule has 0 saturated carbocycles. The third-order valence-electron chi connectivity index (χ3n) is 4.12. The zero-order valence-electron chi connectivity index (χ0n) is 18.3. The molecule has 0 spiro atoms. The van der Waals surface area contributed by atoms with E-state index in [1.165, 1.54) is 19.2 Å². The Kier molecular flexibility index (Phi) is 10.5. The fourth-order valence-corrected chi connectivity index (χ4v) is 3.03. The summed E-state index contributed by atoms with van der Waals surface area (Å²) in [5, 5.41) is 16.1. The van der Waals surface area contributed by atoms with Gasteiger partial charge in [-0.3, -0.25) is 4.79 Å². The number of hydrogen-bond acceptors (Lipinski definition) is 9. The average molecular weight is 528 g/mol. The first kappa shape index (κ1) is 26.5. The molecule has 1 fully saturated rings. The molecule has 1 aliphatic heterocycles. The Balaban J connectivity index is 0.000000405. The Morgan fingerprint density at radius 1 is 1.36 bits per heavy atom. The highest BCUT2D eigenvalue weighted by atomic mass is 79.9. The summed E-state index contributed by atoms with van der Waals surface area (Å²) in [4.78, 5) is 20.5. The van der Waals surface area contributed by atoms with Crippen LogP contribution in [-0.2, 0) is 16.0 Å². The Hall–Kier alpha value is -2.71. The van der Waals surface area contributed by atoms with Crippen molar-refractivity contribution in [3.8, 4) is 0 Å². The number of rotatable bonds is 6. The van der Waals surface area contributed by atoms with Crippen LogP contribution in [0, 0.1) is 12.7 Å². The van der Waals surface area contributed by atoms with Crippen LogP contribution >= 0.6 is 15.9 Å². The van der Waals surface area contributed by atoms with E-state index in [0.717, 1.165) is 10.7 Å². The molecule has 1 aliphatic rings. The highest BCUT2D eigenvalue weighted by Crippen LogP contribution is 2.16. The maximum absolute atomic E-state index is 13.2. The van der Waals surface area contributed by atoms with Crippen LogP contribution in [0.5, 0.6) is 0 Å². The molecule has 1 amide bonds. The normalized spacial score (nSPS) is 15.9. The first-order valence-corrected chi connectivity index (χ1v) is 10.7. The lowest BCUT2D eigenvalue weighted by molar-refractivity contribution is -0.105. The molecule has 2 aromatic rings. The molecular weight excluding hydrogens is 501 g/mol. The van der Waals surface area contributed by atoms with E-state index < -0.39 is 5.91 Å². The molecule has 2 heterocycles. The molecular formula is C20H27BrFN7O4. The molecule has 180 valence electrons. The molecule has 0 radical (unpaired) electrons. The van der Waals surface area contributed by atoms with E-state index in [1.807, 2.05) is 0 Å². The summed E-state index contributed by atoms with van der Waals surface area (Å²) in [5.74, 6) is 5.06. The van der Waals surface area contributed by atoms with Gasteiger partial charge in [0.1, 0.15) is 29.1 Å². The van der Waals surface area contributed by atoms with Crippen LogP contribution in [0.3, 0.4) is 0 Å². The van der Waals surface area contributed by atoms with Crippen LogP contribution in [-0.4, -0.2) is 71.5 Å². The second kappa shape index (κ2) is 13.1. The van der Waals surface area contributed by atoms with E-state index >= 15 is 0 Å². The lowest BCUT2D eigenvalue weighted by atomic mass is 10.2. The van der Waals surface area contributed by atoms with Crippen LogP contribution < -0.4 is 16.9 Å². The number of amidine groups is 1. The number of ether oxygens (including phenoxy) is 2. The molecule has 0 aliphatic carbocycles. The summed E-state index contributed by atoms with van der Waals surface area (Å²) >= 11 is 3.10. The lowest BCUT2D eigenvalue weighted by Crippen LogP contribution is -2.31.